The highest BCUT2D eigenvalue weighted by atomic mass is 79.9. The lowest BCUT2D eigenvalue weighted by Gasteiger charge is -2.39. The van der Waals surface area contributed by atoms with E-state index in [0.29, 0.717) is 6.42 Å². The SMILES string of the molecule is COC1(CC(=O)Nc2ccc(Br)c(C)c2)CCC1. The zero-order chi connectivity index (χ0) is 13.2. The number of aryl methyl sites for hydroxylation is 1. The van der Waals surface area contributed by atoms with Gasteiger partial charge in [-0.15, -0.1) is 0 Å². The highest BCUT2D eigenvalue weighted by Crippen LogP contribution is 2.38. The Labute approximate surface area is 116 Å². The van der Waals surface area contributed by atoms with Crippen molar-refractivity contribution in [1.29, 1.82) is 0 Å². The van der Waals surface area contributed by atoms with Gasteiger partial charge in [0.1, 0.15) is 0 Å². The zero-order valence-corrected chi connectivity index (χ0v) is 12.3. The van der Waals surface area contributed by atoms with Gasteiger partial charge in [0.05, 0.1) is 12.0 Å². The lowest BCUT2D eigenvalue weighted by atomic mass is 9.77. The minimum absolute atomic E-state index is 0.0262. The van der Waals surface area contributed by atoms with E-state index < -0.39 is 0 Å². The molecule has 3 nitrogen and oxygen atoms in total. The van der Waals surface area contributed by atoms with Crippen molar-refractivity contribution in [3.63, 3.8) is 0 Å². The Bertz CT molecular complexity index is 450. The number of ether oxygens (including phenoxy) is 1. The van der Waals surface area contributed by atoms with Crippen molar-refractivity contribution in [1.82, 2.24) is 0 Å². The summed E-state index contributed by atoms with van der Waals surface area (Å²) in [4.78, 5) is 12.0. The van der Waals surface area contributed by atoms with Crippen LogP contribution in [0.3, 0.4) is 0 Å². The number of amides is 1. The van der Waals surface area contributed by atoms with E-state index in [9.17, 15) is 4.79 Å². The zero-order valence-electron chi connectivity index (χ0n) is 10.8. The fourth-order valence-electron chi connectivity index (χ4n) is 2.24. The van der Waals surface area contributed by atoms with Gasteiger partial charge in [-0.2, -0.15) is 0 Å². The third-order valence-electron chi connectivity index (χ3n) is 3.62. The third-order valence-corrected chi connectivity index (χ3v) is 4.51. The topological polar surface area (TPSA) is 38.3 Å². The summed E-state index contributed by atoms with van der Waals surface area (Å²) < 4.78 is 6.51. The van der Waals surface area contributed by atoms with Gasteiger partial charge in [0.15, 0.2) is 0 Å². The van der Waals surface area contributed by atoms with E-state index in [1.807, 2.05) is 25.1 Å². The number of nitrogens with one attached hydrogen (secondary N) is 1. The molecule has 0 aliphatic heterocycles. The van der Waals surface area contributed by atoms with Crippen LogP contribution < -0.4 is 5.32 Å². The first-order valence-electron chi connectivity index (χ1n) is 6.16. The molecule has 0 atom stereocenters. The van der Waals surface area contributed by atoms with Crippen molar-refractivity contribution in [2.45, 2.75) is 38.2 Å². The van der Waals surface area contributed by atoms with E-state index in [1.165, 1.54) is 0 Å². The van der Waals surface area contributed by atoms with Crippen molar-refractivity contribution < 1.29 is 9.53 Å². The van der Waals surface area contributed by atoms with Crippen molar-refractivity contribution >= 4 is 27.5 Å². The van der Waals surface area contributed by atoms with Crippen LogP contribution >= 0.6 is 15.9 Å². The first-order valence-corrected chi connectivity index (χ1v) is 6.95. The molecule has 1 aliphatic rings. The summed E-state index contributed by atoms with van der Waals surface area (Å²) in [5.41, 5.74) is 1.73. The lowest BCUT2D eigenvalue weighted by Crippen LogP contribution is -2.42. The molecule has 0 bridgehead atoms. The average Bonchev–Trinajstić information content (AvgIpc) is 2.29. The quantitative estimate of drug-likeness (QED) is 0.921. The van der Waals surface area contributed by atoms with E-state index in [4.69, 9.17) is 4.74 Å². The van der Waals surface area contributed by atoms with Gasteiger partial charge in [-0.1, -0.05) is 15.9 Å². The Hall–Kier alpha value is -0.870. The molecule has 0 radical (unpaired) electrons. The monoisotopic (exact) mass is 311 g/mol. The highest BCUT2D eigenvalue weighted by Gasteiger charge is 2.38. The first kappa shape index (κ1) is 13.6. The molecule has 1 aromatic rings. The molecule has 0 saturated heterocycles. The molecule has 1 fully saturated rings. The van der Waals surface area contributed by atoms with Gasteiger partial charge >= 0.3 is 0 Å². The van der Waals surface area contributed by atoms with E-state index >= 15 is 0 Å². The van der Waals surface area contributed by atoms with Crippen LogP contribution in [0.15, 0.2) is 22.7 Å². The van der Waals surface area contributed by atoms with Gasteiger partial charge in [-0.25, -0.2) is 0 Å². The van der Waals surface area contributed by atoms with E-state index in [-0.39, 0.29) is 11.5 Å². The Morgan fingerprint density at radius 2 is 2.22 bits per heavy atom. The van der Waals surface area contributed by atoms with Crippen LogP contribution in [0.4, 0.5) is 5.69 Å². The van der Waals surface area contributed by atoms with Crippen LogP contribution in [0.1, 0.15) is 31.2 Å². The molecule has 0 heterocycles. The number of halogens is 1. The Kier molecular flexibility index (Phi) is 4.07. The molecule has 2 rings (SSSR count). The first-order chi connectivity index (χ1) is 8.54. The second-order valence-electron chi connectivity index (χ2n) is 4.93. The minimum atomic E-state index is -0.214. The number of rotatable bonds is 4. The predicted molar refractivity (Wildman–Crippen MR) is 75.7 cm³/mol. The van der Waals surface area contributed by atoms with Gasteiger partial charge < -0.3 is 10.1 Å². The summed E-state index contributed by atoms with van der Waals surface area (Å²) in [7, 11) is 1.69. The largest absolute Gasteiger partial charge is 0.378 e. The van der Waals surface area contributed by atoms with Crippen LogP contribution in [0.25, 0.3) is 0 Å². The van der Waals surface area contributed by atoms with E-state index in [0.717, 1.165) is 35.0 Å². The molecular weight excluding hydrogens is 294 g/mol. The van der Waals surface area contributed by atoms with E-state index in [2.05, 4.69) is 21.2 Å². The third kappa shape index (κ3) is 2.93. The van der Waals surface area contributed by atoms with Crippen LogP contribution in [0.2, 0.25) is 0 Å². The molecular formula is C14H18BrNO2. The van der Waals surface area contributed by atoms with Gasteiger partial charge in [-0.05, 0) is 49.9 Å². The molecule has 0 spiro atoms. The second kappa shape index (κ2) is 5.41. The van der Waals surface area contributed by atoms with Crippen LogP contribution in [-0.2, 0) is 9.53 Å². The van der Waals surface area contributed by atoms with Crippen LogP contribution in [0, 0.1) is 6.92 Å². The summed E-state index contributed by atoms with van der Waals surface area (Å²) >= 11 is 3.44. The summed E-state index contributed by atoms with van der Waals surface area (Å²) in [6.45, 7) is 2.00. The normalized spacial score (nSPS) is 17.1. The molecule has 0 unspecified atom stereocenters. The Balaban J connectivity index is 1.96. The molecule has 4 heteroatoms. The molecule has 0 aromatic heterocycles. The smallest absolute Gasteiger partial charge is 0.227 e. The Morgan fingerprint density at radius 3 is 2.72 bits per heavy atom. The predicted octanol–water partition coefficient (Wildman–Crippen LogP) is 3.66. The Morgan fingerprint density at radius 1 is 1.50 bits per heavy atom. The number of benzene rings is 1. The molecule has 98 valence electrons. The van der Waals surface area contributed by atoms with Gasteiger partial charge in [0.2, 0.25) is 5.91 Å². The number of anilines is 1. The highest BCUT2D eigenvalue weighted by molar-refractivity contribution is 9.10. The summed E-state index contributed by atoms with van der Waals surface area (Å²) in [6, 6.07) is 5.80. The average molecular weight is 312 g/mol. The standard InChI is InChI=1S/C14H18BrNO2/c1-10-8-11(4-5-12(10)15)16-13(17)9-14(18-2)6-3-7-14/h4-5,8H,3,6-7,9H2,1-2H3,(H,16,17). The molecule has 18 heavy (non-hydrogen) atoms. The maximum atomic E-state index is 12.0. The number of hydrogen-bond acceptors (Lipinski definition) is 2. The fraction of sp³-hybridized carbons (Fsp3) is 0.500. The van der Waals surface area contributed by atoms with Gasteiger partial charge in [-0.3, -0.25) is 4.79 Å². The summed E-state index contributed by atoms with van der Waals surface area (Å²) in [6.07, 6.45) is 3.56. The number of methoxy groups -OCH3 is 1. The van der Waals surface area contributed by atoms with Crippen LogP contribution in [-0.4, -0.2) is 18.6 Å². The fourth-order valence-corrected chi connectivity index (χ4v) is 2.49. The van der Waals surface area contributed by atoms with Gasteiger partial charge in [0.25, 0.3) is 0 Å². The maximum Gasteiger partial charge on any atom is 0.227 e. The number of carbonyl (C=O) groups excluding carboxylic acids is 1. The van der Waals surface area contributed by atoms with Crippen molar-refractivity contribution in [2.75, 3.05) is 12.4 Å². The minimum Gasteiger partial charge on any atom is -0.378 e. The second-order valence-corrected chi connectivity index (χ2v) is 5.78. The summed E-state index contributed by atoms with van der Waals surface area (Å²) in [5, 5.41) is 2.93. The number of carbonyl (C=O) groups is 1. The molecule has 1 N–H and O–H groups in total. The van der Waals surface area contributed by atoms with Crippen molar-refractivity contribution in [3.05, 3.63) is 28.2 Å². The van der Waals surface area contributed by atoms with Crippen molar-refractivity contribution in [3.8, 4) is 0 Å². The molecule has 1 amide bonds. The summed E-state index contributed by atoms with van der Waals surface area (Å²) in [5.74, 6) is 0.0262. The lowest BCUT2D eigenvalue weighted by molar-refractivity contribution is -0.129. The molecule has 1 aromatic carbocycles. The molecule has 1 saturated carbocycles. The molecule has 1 aliphatic carbocycles. The van der Waals surface area contributed by atoms with Crippen LogP contribution in [0.5, 0.6) is 0 Å². The number of hydrogen-bond donors (Lipinski definition) is 1. The van der Waals surface area contributed by atoms with Crippen molar-refractivity contribution in [2.24, 2.45) is 0 Å². The van der Waals surface area contributed by atoms with Gasteiger partial charge in [0, 0.05) is 17.3 Å². The van der Waals surface area contributed by atoms with E-state index in [1.54, 1.807) is 7.11 Å². The maximum absolute atomic E-state index is 12.0.